The number of carbonyl (C=O) groups is 1. The summed E-state index contributed by atoms with van der Waals surface area (Å²) >= 11 is 6.43. The summed E-state index contributed by atoms with van der Waals surface area (Å²) in [6.45, 7) is 7.50. The molecule has 2 bridgehead atoms. The number of amides is 1. The number of benzene rings is 1. The van der Waals surface area contributed by atoms with Crippen LogP contribution in [0.3, 0.4) is 0 Å². The first kappa shape index (κ1) is 26.0. The summed E-state index contributed by atoms with van der Waals surface area (Å²) in [5.41, 5.74) is 0.739. The van der Waals surface area contributed by atoms with Gasteiger partial charge in [0.15, 0.2) is 9.84 Å². The van der Waals surface area contributed by atoms with Gasteiger partial charge in [0.2, 0.25) is 5.88 Å². The molecule has 200 valence electrons. The third-order valence-electron chi connectivity index (χ3n) is 7.10. The first-order valence-electron chi connectivity index (χ1n) is 12.7. The topological polar surface area (TPSA) is 111 Å². The van der Waals surface area contributed by atoms with Crippen molar-refractivity contribution >= 4 is 39.0 Å². The van der Waals surface area contributed by atoms with Crippen molar-refractivity contribution in [1.82, 2.24) is 14.9 Å². The van der Waals surface area contributed by atoms with Crippen molar-refractivity contribution < 1.29 is 22.7 Å². The minimum Gasteiger partial charge on any atom is -0.474 e. The number of rotatable bonds is 6. The number of fused-ring (bicyclic) bond motifs is 2. The number of hydrogen-bond acceptors (Lipinski definition) is 8. The van der Waals surface area contributed by atoms with Crippen molar-refractivity contribution in [2.75, 3.05) is 5.32 Å². The minimum absolute atomic E-state index is 0.0758. The Morgan fingerprint density at radius 3 is 2.38 bits per heavy atom. The Kier molecular flexibility index (Phi) is 6.77. The van der Waals surface area contributed by atoms with E-state index in [0.717, 1.165) is 18.4 Å². The second kappa shape index (κ2) is 9.62. The van der Waals surface area contributed by atoms with E-state index in [4.69, 9.17) is 21.1 Å². The summed E-state index contributed by atoms with van der Waals surface area (Å²) in [7, 11) is -3.32. The lowest BCUT2D eigenvalue weighted by Crippen LogP contribution is -2.50. The van der Waals surface area contributed by atoms with Crippen LogP contribution in [0.2, 0.25) is 5.02 Å². The first-order chi connectivity index (χ1) is 17.4. The Balaban J connectivity index is 1.27. The second-order valence-electron chi connectivity index (χ2n) is 11.1. The number of nitrogens with zero attached hydrogens (tertiary/aromatic N) is 3. The maximum Gasteiger partial charge on any atom is 0.410 e. The minimum atomic E-state index is -3.32. The van der Waals surface area contributed by atoms with Crippen LogP contribution in [0.25, 0.3) is 0 Å². The smallest absolute Gasteiger partial charge is 0.410 e. The summed E-state index contributed by atoms with van der Waals surface area (Å²) in [5.74, 6) is 0.996. The Morgan fingerprint density at radius 1 is 1.11 bits per heavy atom. The number of aromatic nitrogens is 2. The van der Waals surface area contributed by atoms with E-state index in [1.165, 1.54) is 12.4 Å². The lowest BCUT2D eigenvalue weighted by molar-refractivity contribution is -0.00770. The van der Waals surface area contributed by atoms with Crippen LogP contribution in [0, 0.1) is 6.92 Å². The molecular weight excluding hydrogens is 516 g/mol. The van der Waals surface area contributed by atoms with Gasteiger partial charge in [-0.1, -0.05) is 11.6 Å². The highest BCUT2D eigenvalue weighted by Crippen LogP contribution is 2.39. The van der Waals surface area contributed by atoms with Gasteiger partial charge in [-0.3, -0.25) is 0 Å². The zero-order chi connectivity index (χ0) is 26.5. The number of anilines is 2. The van der Waals surface area contributed by atoms with Crippen LogP contribution >= 0.6 is 11.6 Å². The molecule has 9 nitrogen and oxygen atoms in total. The van der Waals surface area contributed by atoms with Crippen LogP contribution in [0.5, 0.6) is 5.88 Å². The summed E-state index contributed by atoms with van der Waals surface area (Å²) < 4.78 is 37.0. The predicted molar refractivity (Wildman–Crippen MR) is 140 cm³/mol. The van der Waals surface area contributed by atoms with Crippen LogP contribution in [0.1, 0.15) is 64.9 Å². The van der Waals surface area contributed by atoms with Gasteiger partial charge < -0.3 is 19.7 Å². The average molecular weight is 549 g/mol. The molecule has 3 fully saturated rings. The molecule has 1 unspecified atom stereocenters. The van der Waals surface area contributed by atoms with E-state index < -0.39 is 15.4 Å². The predicted octanol–water partition coefficient (Wildman–Crippen LogP) is 5.43. The SMILES string of the molecule is Cc1c(Nc2ccc(S(=O)(=O)C3CC3)cc2Cl)ncnc1O[C@H]1CC2CC[C@@H](C1)N2C(=O)OC(C)(C)C. The van der Waals surface area contributed by atoms with Gasteiger partial charge in [-0.25, -0.2) is 23.2 Å². The quantitative estimate of drug-likeness (QED) is 0.509. The highest BCUT2D eigenvalue weighted by atomic mass is 35.5. The van der Waals surface area contributed by atoms with E-state index in [2.05, 4.69) is 15.3 Å². The number of halogens is 1. The van der Waals surface area contributed by atoms with Crippen LogP contribution in [0.15, 0.2) is 29.4 Å². The van der Waals surface area contributed by atoms with Crippen molar-refractivity contribution in [2.24, 2.45) is 0 Å². The number of sulfone groups is 1. The van der Waals surface area contributed by atoms with Crippen molar-refractivity contribution in [1.29, 1.82) is 0 Å². The molecule has 1 aromatic carbocycles. The van der Waals surface area contributed by atoms with E-state index in [9.17, 15) is 13.2 Å². The molecule has 2 saturated heterocycles. The lowest BCUT2D eigenvalue weighted by Gasteiger charge is -2.39. The normalized spacial score (nSPS) is 23.6. The second-order valence-corrected chi connectivity index (χ2v) is 13.8. The highest BCUT2D eigenvalue weighted by molar-refractivity contribution is 7.92. The van der Waals surface area contributed by atoms with Gasteiger partial charge in [0, 0.05) is 24.9 Å². The molecule has 3 heterocycles. The largest absolute Gasteiger partial charge is 0.474 e. The molecule has 0 radical (unpaired) electrons. The number of carbonyl (C=O) groups excluding carboxylic acids is 1. The lowest BCUT2D eigenvalue weighted by atomic mass is 10.00. The molecule has 2 aliphatic heterocycles. The molecular formula is C26H33ClN4O5S. The number of nitrogens with one attached hydrogen (secondary N) is 1. The van der Waals surface area contributed by atoms with E-state index in [-0.39, 0.29) is 34.4 Å². The fourth-order valence-corrected chi connectivity index (χ4v) is 7.12. The van der Waals surface area contributed by atoms with Gasteiger partial charge >= 0.3 is 6.09 Å². The fourth-order valence-electron chi connectivity index (χ4n) is 5.15. The zero-order valence-corrected chi connectivity index (χ0v) is 23.1. The van der Waals surface area contributed by atoms with Gasteiger partial charge in [-0.15, -0.1) is 0 Å². The fraction of sp³-hybridized carbons (Fsp3) is 0.577. The summed E-state index contributed by atoms with van der Waals surface area (Å²) in [6, 6.07) is 4.89. The molecule has 2 aromatic rings. The molecule has 37 heavy (non-hydrogen) atoms. The number of ether oxygens (including phenoxy) is 2. The summed E-state index contributed by atoms with van der Waals surface area (Å²) in [4.78, 5) is 23.6. The van der Waals surface area contributed by atoms with Crippen molar-refractivity contribution in [3.63, 3.8) is 0 Å². The third-order valence-corrected chi connectivity index (χ3v) is 9.67. The monoisotopic (exact) mass is 548 g/mol. The number of hydrogen-bond donors (Lipinski definition) is 1. The van der Waals surface area contributed by atoms with Gasteiger partial charge in [-0.05, 0) is 71.6 Å². The van der Waals surface area contributed by atoms with Gasteiger partial charge in [-0.2, -0.15) is 0 Å². The van der Waals surface area contributed by atoms with E-state index in [1.807, 2.05) is 32.6 Å². The van der Waals surface area contributed by atoms with Gasteiger partial charge in [0.25, 0.3) is 0 Å². The van der Waals surface area contributed by atoms with Crippen LogP contribution in [0.4, 0.5) is 16.3 Å². The molecule has 3 aliphatic rings. The molecule has 1 N–H and O–H groups in total. The van der Waals surface area contributed by atoms with E-state index >= 15 is 0 Å². The Morgan fingerprint density at radius 2 is 1.78 bits per heavy atom. The van der Waals surface area contributed by atoms with Gasteiger partial charge in [0.1, 0.15) is 23.9 Å². The van der Waals surface area contributed by atoms with Crippen molar-refractivity contribution in [2.45, 2.75) is 100 Å². The Bertz CT molecular complexity index is 1290. The molecule has 5 rings (SSSR count). The van der Waals surface area contributed by atoms with Gasteiger partial charge in [0.05, 0.1) is 26.4 Å². The van der Waals surface area contributed by atoms with E-state index in [0.29, 0.717) is 48.1 Å². The summed E-state index contributed by atoms with van der Waals surface area (Å²) in [6.07, 6.45) is 5.79. The average Bonchev–Trinajstić information content (AvgIpc) is 3.62. The third kappa shape index (κ3) is 5.50. The standard InChI is InChI=1S/C26H33ClN4O5S/c1-15-23(30-22-10-9-20(13-21(22)27)37(33,34)19-7-8-19)28-14-29-24(15)35-18-11-16-5-6-17(12-18)31(16)25(32)36-26(2,3)4/h9-10,13-14,16-19H,5-8,11-12H2,1-4H3,(H,28,29,30)/t16-,17?,18+/m0/s1. The highest BCUT2D eigenvalue weighted by Gasteiger charge is 2.45. The molecule has 1 aliphatic carbocycles. The Labute approximate surface area is 222 Å². The maximum atomic E-state index is 12.7. The van der Waals surface area contributed by atoms with Crippen molar-refractivity contribution in [3.05, 3.63) is 35.1 Å². The van der Waals surface area contributed by atoms with Crippen molar-refractivity contribution in [3.8, 4) is 5.88 Å². The van der Waals surface area contributed by atoms with Crippen LogP contribution in [-0.4, -0.2) is 58.4 Å². The van der Waals surface area contributed by atoms with Crippen LogP contribution in [-0.2, 0) is 14.6 Å². The van der Waals surface area contributed by atoms with E-state index in [1.54, 1.807) is 12.1 Å². The first-order valence-corrected chi connectivity index (χ1v) is 14.6. The zero-order valence-electron chi connectivity index (χ0n) is 21.5. The van der Waals surface area contributed by atoms with Crippen LogP contribution < -0.4 is 10.1 Å². The molecule has 1 amide bonds. The maximum absolute atomic E-state index is 12.7. The Hall–Kier alpha value is -2.59. The summed E-state index contributed by atoms with van der Waals surface area (Å²) in [5, 5.41) is 3.19. The molecule has 11 heteroatoms. The number of piperidine rings is 1. The molecule has 1 saturated carbocycles. The molecule has 0 spiro atoms. The molecule has 1 aromatic heterocycles. The molecule has 3 atom stereocenters.